The molecule has 0 unspecified atom stereocenters. The molecular weight excluding hydrogens is 366 g/mol. The van der Waals surface area contributed by atoms with Crippen LogP contribution in [0.1, 0.15) is 19.4 Å². The van der Waals surface area contributed by atoms with Gasteiger partial charge in [-0.2, -0.15) is 8.42 Å². The van der Waals surface area contributed by atoms with Gasteiger partial charge < -0.3 is 13.8 Å². The van der Waals surface area contributed by atoms with Crippen LogP contribution in [-0.4, -0.2) is 38.6 Å². The first-order valence-electron chi connectivity index (χ1n) is 8.67. The van der Waals surface area contributed by atoms with Gasteiger partial charge in [0.25, 0.3) is 5.91 Å². The van der Waals surface area contributed by atoms with E-state index in [-0.39, 0.29) is 24.2 Å². The molecule has 0 bridgehead atoms. The maximum Gasteiger partial charge on any atom is 0.306 e. The van der Waals surface area contributed by atoms with Gasteiger partial charge in [0.05, 0.1) is 6.26 Å². The van der Waals surface area contributed by atoms with Crippen molar-refractivity contribution in [3.63, 3.8) is 0 Å². The third-order valence-corrected chi connectivity index (χ3v) is 4.06. The minimum Gasteiger partial charge on any atom is -0.484 e. The fraction of sp³-hybridized carbons (Fsp3) is 0.350. The van der Waals surface area contributed by atoms with Crippen molar-refractivity contribution in [2.75, 3.05) is 19.4 Å². The average Bonchev–Trinajstić information content (AvgIpc) is 2.58. The summed E-state index contributed by atoms with van der Waals surface area (Å²) in [5, 5.41) is 0. The van der Waals surface area contributed by atoms with Crippen molar-refractivity contribution in [3.8, 4) is 11.5 Å². The second kappa shape index (κ2) is 9.41. The predicted molar refractivity (Wildman–Crippen MR) is 104 cm³/mol. The number of benzene rings is 2. The maximum absolute atomic E-state index is 12.6. The van der Waals surface area contributed by atoms with E-state index in [9.17, 15) is 13.2 Å². The Morgan fingerprint density at radius 3 is 2.33 bits per heavy atom. The van der Waals surface area contributed by atoms with Crippen LogP contribution in [0.25, 0.3) is 0 Å². The second-order valence-electron chi connectivity index (χ2n) is 6.70. The second-order valence-corrected chi connectivity index (χ2v) is 8.28. The van der Waals surface area contributed by atoms with Gasteiger partial charge in [-0.25, -0.2) is 0 Å². The fourth-order valence-corrected chi connectivity index (χ4v) is 2.99. The molecule has 0 aliphatic rings. The standard InChI is InChI=1S/C20H25NO5S/c1-16(2)13-21(20(22)15-25-18-9-5-4-6-10-18)14-17-8-7-11-19(12-17)26-27(3,23)24/h4-12,16H,13-15H2,1-3H3. The lowest BCUT2D eigenvalue weighted by atomic mass is 10.1. The molecule has 2 aromatic rings. The molecule has 0 spiro atoms. The Hall–Kier alpha value is -2.54. The molecule has 0 atom stereocenters. The number of hydrogen-bond donors (Lipinski definition) is 0. The van der Waals surface area contributed by atoms with Gasteiger partial charge in [0, 0.05) is 13.1 Å². The Labute approximate surface area is 160 Å². The molecule has 2 aromatic carbocycles. The largest absolute Gasteiger partial charge is 0.484 e. The van der Waals surface area contributed by atoms with E-state index >= 15 is 0 Å². The molecular formula is C20H25NO5S. The van der Waals surface area contributed by atoms with Gasteiger partial charge in [-0.3, -0.25) is 4.79 Å². The van der Waals surface area contributed by atoms with Crippen molar-refractivity contribution in [2.24, 2.45) is 5.92 Å². The van der Waals surface area contributed by atoms with Gasteiger partial charge in [-0.15, -0.1) is 0 Å². The summed E-state index contributed by atoms with van der Waals surface area (Å²) >= 11 is 0. The topological polar surface area (TPSA) is 72.9 Å². The molecule has 1 amide bonds. The summed E-state index contributed by atoms with van der Waals surface area (Å²) in [4.78, 5) is 14.3. The smallest absolute Gasteiger partial charge is 0.306 e. The molecule has 0 N–H and O–H groups in total. The van der Waals surface area contributed by atoms with Crippen molar-refractivity contribution in [3.05, 3.63) is 60.2 Å². The van der Waals surface area contributed by atoms with Gasteiger partial charge in [-0.1, -0.05) is 44.2 Å². The molecule has 27 heavy (non-hydrogen) atoms. The first kappa shape index (κ1) is 20.8. The first-order valence-corrected chi connectivity index (χ1v) is 10.5. The third kappa shape index (κ3) is 7.70. The summed E-state index contributed by atoms with van der Waals surface area (Å²) < 4.78 is 33.1. The highest BCUT2D eigenvalue weighted by Crippen LogP contribution is 2.17. The summed E-state index contributed by atoms with van der Waals surface area (Å²) in [6.07, 6.45) is 0.995. The molecule has 0 saturated heterocycles. The van der Waals surface area contributed by atoms with E-state index in [1.807, 2.05) is 38.1 Å². The number of carbonyl (C=O) groups excluding carboxylic acids is 1. The molecule has 6 nitrogen and oxygen atoms in total. The van der Waals surface area contributed by atoms with E-state index in [0.29, 0.717) is 18.8 Å². The number of carbonyl (C=O) groups is 1. The van der Waals surface area contributed by atoms with Crippen LogP contribution < -0.4 is 8.92 Å². The van der Waals surface area contributed by atoms with Crippen molar-refractivity contribution in [2.45, 2.75) is 20.4 Å². The van der Waals surface area contributed by atoms with Crippen LogP contribution in [0.3, 0.4) is 0 Å². The summed E-state index contributed by atoms with van der Waals surface area (Å²) in [6.45, 7) is 4.91. The number of para-hydroxylation sites is 1. The zero-order valence-corrected chi connectivity index (χ0v) is 16.6. The van der Waals surface area contributed by atoms with Crippen molar-refractivity contribution < 1.29 is 22.1 Å². The van der Waals surface area contributed by atoms with Gasteiger partial charge in [-0.05, 0) is 35.7 Å². The molecule has 0 saturated carbocycles. The summed E-state index contributed by atoms with van der Waals surface area (Å²) in [7, 11) is -3.60. The lowest BCUT2D eigenvalue weighted by molar-refractivity contribution is -0.134. The number of ether oxygens (including phenoxy) is 1. The van der Waals surface area contributed by atoms with E-state index in [1.54, 1.807) is 35.2 Å². The van der Waals surface area contributed by atoms with E-state index in [2.05, 4.69) is 0 Å². The van der Waals surface area contributed by atoms with Crippen molar-refractivity contribution in [1.29, 1.82) is 0 Å². The SMILES string of the molecule is CC(C)CN(Cc1cccc(OS(C)(=O)=O)c1)C(=O)COc1ccccc1. The van der Waals surface area contributed by atoms with Crippen LogP contribution >= 0.6 is 0 Å². The van der Waals surface area contributed by atoms with Gasteiger partial charge in [0.15, 0.2) is 6.61 Å². The lowest BCUT2D eigenvalue weighted by Gasteiger charge is -2.25. The summed E-state index contributed by atoms with van der Waals surface area (Å²) in [5.74, 6) is 1.01. The lowest BCUT2D eigenvalue weighted by Crippen LogP contribution is -2.37. The summed E-state index contributed by atoms with van der Waals surface area (Å²) in [5.41, 5.74) is 0.782. The molecule has 146 valence electrons. The minimum absolute atomic E-state index is 0.0593. The zero-order valence-electron chi connectivity index (χ0n) is 15.8. The number of amides is 1. The van der Waals surface area contributed by atoms with Crippen molar-refractivity contribution in [1.82, 2.24) is 4.90 Å². The van der Waals surface area contributed by atoms with Crippen LogP contribution in [0, 0.1) is 5.92 Å². The Morgan fingerprint density at radius 1 is 1.04 bits per heavy atom. The predicted octanol–water partition coefficient (Wildman–Crippen LogP) is 3.09. The van der Waals surface area contributed by atoms with Gasteiger partial charge >= 0.3 is 10.1 Å². The third-order valence-electron chi connectivity index (χ3n) is 3.56. The fourth-order valence-electron chi connectivity index (χ4n) is 2.54. The van der Waals surface area contributed by atoms with Crippen molar-refractivity contribution >= 4 is 16.0 Å². The Bertz CT molecular complexity index is 850. The van der Waals surface area contributed by atoms with E-state index < -0.39 is 10.1 Å². The molecule has 0 aliphatic heterocycles. The summed E-state index contributed by atoms with van der Waals surface area (Å²) in [6, 6.07) is 15.9. The molecule has 7 heteroatoms. The molecule has 0 radical (unpaired) electrons. The van der Waals surface area contributed by atoms with E-state index in [4.69, 9.17) is 8.92 Å². The van der Waals surface area contributed by atoms with Gasteiger partial charge in [0.2, 0.25) is 0 Å². The zero-order chi connectivity index (χ0) is 19.9. The Balaban J connectivity index is 2.07. The molecule has 2 rings (SSSR count). The number of hydrogen-bond acceptors (Lipinski definition) is 5. The quantitative estimate of drug-likeness (QED) is 0.614. The average molecular weight is 391 g/mol. The van der Waals surface area contributed by atoms with Gasteiger partial charge in [0.1, 0.15) is 11.5 Å². The van der Waals surface area contributed by atoms with Crippen LogP contribution in [0.4, 0.5) is 0 Å². The minimum atomic E-state index is -3.60. The number of nitrogens with zero attached hydrogens (tertiary/aromatic N) is 1. The van der Waals surface area contributed by atoms with Crippen LogP contribution in [0.15, 0.2) is 54.6 Å². The molecule has 0 aromatic heterocycles. The maximum atomic E-state index is 12.6. The van der Waals surface area contributed by atoms with E-state index in [0.717, 1.165) is 11.8 Å². The Kier molecular flexibility index (Phi) is 7.24. The van der Waals surface area contributed by atoms with E-state index in [1.165, 1.54) is 0 Å². The first-order chi connectivity index (χ1) is 12.7. The Morgan fingerprint density at radius 2 is 1.70 bits per heavy atom. The normalized spacial score (nSPS) is 11.3. The molecule has 0 aliphatic carbocycles. The van der Waals surface area contributed by atoms with Crippen LogP contribution in [0.5, 0.6) is 11.5 Å². The highest BCUT2D eigenvalue weighted by atomic mass is 32.2. The molecule has 0 heterocycles. The highest BCUT2D eigenvalue weighted by Gasteiger charge is 2.17. The molecule has 0 fully saturated rings. The van der Waals surface area contributed by atoms with Crippen LogP contribution in [-0.2, 0) is 21.5 Å². The van der Waals surface area contributed by atoms with Crippen LogP contribution in [0.2, 0.25) is 0 Å². The monoisotopic (exact) mass is 391 g/mol. The highest BCUT2D eigenvalue weighted by molar-refractivity contribution is 7.86. The number of rotatable bonds is 9.